The first kappa shape index (κ1) is 24.9. The second-order valence-corrected chi connectivity index (χ2v) is 8.30. The molecule has 0 bridgehead atoms. The van der Waals surface area contributed by atoms with E-state index in [0.29, 0.717) is 35.8 Å². The normalized spacial score (nSPS) is 16.8. The topological polar surface area (TPSA) is 85.3 Å². The van der Waals surface area contributed by atoms with E-state index in [9.17, 15) is 14.7 Å². The largest absolute Gasteiger partial charge is 0.507 e. The van der Waals surface area contributed by atoms with E-state index in [4.69, 9.17) is 14.2 Å². The molecule has 0 radical (unpaired) electrons. The average Bonchev–Trinajstić information content (AvgIpc) is 3.17. The number of nitrogens with zero attached hydrogens (tertiary/aromatic N) is 1. The number of hydrogen-bond acceptors (Lipinski definition) is 6. The number of carbonyl (C=O) groups is 2. The maximum atomic E-state index is 13.2. The zero-order valence-electron chi connectivity index (χ0n) is 20.6. The predicted octanol–water partition coefficient (Wildman–Crippen LogP) is 4.77. The summed E-state index contributed by atoms with van der Waals surface area (Å²) < 4.78 is 16.2. The number of Topliss-reactive ketones (excluding diaryl/α,β-unsaturated/α-hetero) is 1. The summed E-state index contributed by atoms with van der Waals surface area (Å²) in [5.41, 5.74) is 2.18. The molecule has 0 saturated carbocycles. The maximum absolute atomic E-state index is 13.2. The van der Waals surface area contributed by atoms with E-state index in [1.54, 1.807) is 38.5 Å². The number of carbonyl (C=O) groups excluding carboxylic acids is 2. The summed E-state index contributed by atoms with van der Waals surface area (Å²) >= 11 is 0. The van der Waals surface area contributed by atoms with Gasteiger partial charge in [0.25, 0.3) is 11.7 Å². The molecule has 0 aliphatic carbocycles. The SMILES string of the molecule is CCOc1ccc(/C(O)=C2\C(=O)C(=O)N(CCc3ccc(OC)c(OC)c3)C2c2ccccc2)cc1. The average molecular weight is 488 g/mol. The van der Waals surface area contributed by atoms with Gasteiger partial charge in [-0.3, -0.25) is 9.59 Å². The first-order valence-electron chi connectivity index (χ1n) is 11.8. The van der Waals surface area contributed by atoms with Crippen molar-refractivity contribution in [3.05, 3.63) is 95.1 Å². The second kappa shape index (κ2) is 11.0. The van der Waals surface area contributed by atoms with E-state index < -0.39 is 17.7 Å². The Hall–Kier alpha value is -4.26. The van der Waals surface area contributed by atoms with Crippen molar-refractivity contribution >= 4 is 17.4 Å². The van der Waals surface area contributed by atoms with Crippen LogP contribution < -0.4 is 14.2 Å². The summed E-state index contributed by atoms with van der Waals surface area (Å²) in [6.45, 7) is 2.68. The summed E-state index contributed by atoms with van der Waals surface area (Å²) in [4.78, 5) is 27.9. The lowest BCUT2D eigenvalue weighted by Crippen LogP contribution is -2.31. The summed E-state index contributed by atoms with van der Waals surface area (Å²) in [5.74, 6) is 0.302. The van der Waals surface area contributed by atoms with Crippen LogP contribution in [0.2, 0.25) is 0 Å². The molecular formula is C29H29NO6. The zero-order valence-corrected chi connectivity index (χ0v) is 20.6. The molecule has 0 aromatic heterocycles. The fourth-order valence-corrected chi connectivity index (χ4v) is 4.41. The number of aliphatic hydroxyl groups excluding tert-OH is 1. The van der Waals surface area contributed by atoms with E-state index in [1.165, 1.54) is 4.90 Å². The molecule has 1 unspecified atom stereocenters. The van der Waals surface area contributed by atoms with Crippen LogP contribution in [-0.4, -0.2) is 49.1 Å². The number of ether oxygens (including phenoxy) is 3. The lowest BCUT2D eigenvalue weighted by molar-refractivity contribution is -0.139. The molecule has 7 heteroatoms. The zero-order chi connectivity index (χ0) is 25.7. The summed E-state index contributed by atoms with van der Waals surface area (Å²) in [7, 11) is 3.14. The highest BCUT2D eigenvalue weighted by atomic mass is 16.5. The first-order chi connectivity index (χ1) is 17.5. The number of ketones is 1. The third-order valence-electron chi connectivity index (χ3n) is 6.18. The molecule has 7 nitrogen and oxygen atoms in total. The molecular weight excluding hydrogens is 458 g/mol. The summed E-state index contributed by atoms with van der Waals surface area (Å²) in [6, 6.07) is 20.9. The van der Waals surface area contributed by atoms with Gasteiger partial charge in [-0.25, -0.2) is 0 Å². The number of hydrogen-bond donors (Lipinski definition) is 1. The lowest BCUT2D eigenvalue weighted by atomic mass is 9.95. The Morgan fingerprint density at radius 2 is 1.61 bits per heavy atom. The Bertz CT molecular complexity index is 1270. The molecule has 3 aromatic rings. The van der Waals surface area contributed by atoms with E-state index in [2.05, 4.69) is 0 Å². The van der Waals surface area contributed by atoms with Crippen molar-refractivity contribution in [2.45, 2.75) is 19.4 Å². The Balaban J connectivity index is 1.70. The van der Waals surface area contributed by atoms with E-state index >= 15 is 0 Å². The number of amides is 1. The highest BCUT2D eigenvalue weighted by Crippen LogP contribution is 2.39. The fourth-order valence-electron chi connectivity index (χ4n) is 4.41. The quantitative estimate of drug-likeness (QED) is 0.266. The minimum atomic E-state index is -0.710. The van der Waals surface area contributed by atoms with Crippen LogP contribution in [0.3, 0.4) is 0 Å². The first-order valence-corrected chi connectivity index (χ1v) is 11.8. The van der Waals surface area contributed by atoms with Crippen LogP contribution in [0.25, 0.3) is 5.76 Å². The minimum Gasteiger partial charge on any atom is -0.507 e. The van der Waals surface area contributed by atoms with Gasteiger partial charge < -0.3 is 24.2 Å². The fraction of sp³-hybridized carbons (Fsp3) is 0.241. The molecule has 0 spiro atoms. The van der Waals surface area contributed by atoms with Crippen LogP contribution in [0.4, 0.5) is 0 Å². The van der Waals surface area contributed by atoms with Crippen LogP contribution in [0.5, 0.6) is 17.2 Å². The Kier molecular flexibility index (Phi) is 7.59. The standard InChI is InChI=1S/C29H29NO6/c1-4-36-22-13-11-21(12-14-22)27(31)25-26(20-8-6-5-7-9-20)30(29(33)28(25)32)17-16-19-10-15-23(34-2)24(18-19)35-3/h5-15,18,26,31H,4,16-17H2,1-3H3/b27-25+. The molecule has 1 aliphatic rings. The monoisotopic (exact) mass is 487 g/mol. The van der Waals surface area contributed by atoms with Gasteiger partial charge in [0.2, 0.25) is 0 Å². The van der Waals surface area contributed by atoms with Crippen LogP contribution >= 0.6 is 0 Å². The smallest absolute Gasteiger partial charge is 0.295 e. The van der Waals surface area contributed by atoms with Crippen LogP contribution in [-0.2, 0) is 16.0 Å². The van der Waals surface area contributed by atoms with Crippen molar-refractivity contribution in [1.29, 1.82) is 0 Å². The predicted molar refractivity (Wildman–Crippen MR) is 136 cm³/mol. The molecule has 1 aliphatic heterocycles. The van der Waals surface area contributed by atoms with Gasteiger partial charge in [0.05, 0.1) is 32.4 Å². The van der Waals surface area contributed by atoms with Crippen molar-refractivity contribution in [3.8, 4) is 17.2 Å². The van der Waals surface area contributed by atoms with Gasteiger partial charge in [0, 0.05) is 12.1 Å². The Morgan fingerprint density at radius 1 is 0.917 bits per heavy atom. The van der Waals surface area contributed by atoms with Gasteiger partial charge in [-0.05, 0) is 60.9 Å². The van der Waals surface area contributed by atoms with Gasteiger partial charge >= 0.3 is 0 Å². The number of likely N-dealkylation sites (tertiary alicyclic amines) is 1. The molecule has 1 saturated heterocycles. The van der Waals surface area contributed by atoms with Crippen molar-refractivity contribution in [2.75, 3.05) is 27.4 Å². The molecule has 1 amide bonds. The van der Waals surface area contributed by atoms with E-state index in [1.807, 2.05) is 55.5 Å². The summed E-state index contributed by atoms with van der Waals surface area (Å²) in [5, 5.41) is 11.2. The lowest BCUT2D eigenvalue weighted by Gasteiger charge is -2.25. The third kappa shape index (κ3) is 4.91. The summed E-state index contributed by atoms with van der Waals surface area (Å²) in [6.07, 6.45) is 0.486. The van der Waals surface area contributed by atoms with Gasteiger partial charge in [-0.1, -0.05) is 36.4 Å². The highest BCUT2D eigenvalue weighted by molar-refractivity contribution is 6.46. The number of aliphatic hydroxyl groups is 1. The Morgan fingerprint density at radius 3 is 2.25 bits per heavy atom. The molecule has 186 valence electrons. The number of benzene rings is 3. The van der Waals surface area contributed by atoms with Crippen LogP contribution in [0.15, 0.2) is 78.4 Å². The molecule has 1 heterocycles. The second-order valence-electron chi connectivity index (χ2n) is 8.30. The van der Waals surface area contributed by atoms with Crippen molar-refractivity contribution < 1.29 is 28.9 Å². The minimum absolute atomic E-state index is 0.0719. The molecule has 4 rings (SSSR count). The number of methoxy groups -OCH3 is 2. The molecule has 1 fully saturated rings. The third-order valence-corrected chi connectivity index (χ3v) is 6.18. The van der Waals surface area contributed by atoms with Gasteiger partial charge in [-0.15, -0.1) is 0 Å². The van der Waals surface area contributed by atoms with Gasteiger partial charge in [0.15, 0.2) is 11.5 Å². The van der Waals surface area contributed by atoms with Gasteiger partial charge in [0.1, 0.15) is 11.5 Å². The highest BCUT2D eigenvalue weighted by Gasteiger charge is 2.45. The van der Waals surface area contributed by atoms with Crippen molar-refractivity contribution in [2.24, 2.45) is 0 Å². The molecule has 3 aromatic carbocycles. The van der Waals surface area contributed by atoms with E-state index in [0.717, 1.165) is 11.1 Å². The number of rotatable bonds is 9. The Labute approximate surface area is 210 Å². The van der Waals surface area contributed by atoms with Crippen molar-refractivity contribution in [1.82, 2.24) is 4.90 Å². The molecule has 1 N–H and O–H groups in total. The van der Waals surface area contributed by atoms with E-state index in [-0.39, 0.29) is 17.9 Å². The van der Waals surface area contributed by atoms with Crippen molar-refractivity contribution in [3.63, 3.8) is 0 Å². The maximum Gasteiger partial charge on any atom is 0.295 e. The van der Waals surface area contributed by atoms with Crippen LogP contribution in [0.1, 0.15) is 29.7 Å². The van der Waals surface area contributed by atoms with Crippen LogP contribution in [0, 0.1) is 0 Å². The molecule has 1 atom stereocenters. The van der Waals surface area contributed by atoms with Gasteiger partial charge in [-0.2, -0.15) is 0 Å². The molecule has 36 heavy (non-hydrogen) atoms.